The van der Waals surface area contributed by atoms with Crippen LogP contribution in [0.15, 0.2) is 54.6 Å². The molecular weight excluding hydrogens is 338 g/mol. The molecule has 2 aromatic carbocycles. The number of rotatable bonds is 7. The molecule has 0 saturated carbocycles. The summed E-state index contributed by atoms with van der Waals surface area (Å²) in [5.74, 6) is 0. The number of benzene rings is 2. The highest BCUT2D eigenvalue weighted by atomic mass is 32.1. The van der Waals surface area contributed by atoms with Crippen LogP contribution < -0.4 is 5.32 Å². The lowest BCUT2D eigenvalue weighted by Crippen LogP contribution is -2.40. The van der Waals surface area contributed by atoms with Gasteiger partial charge < -0.3 is 5.32 Å². The van der Waals surface area contributed by atoms with Gasteiger partial charge in [0, 0.05) is 11.9 Å². The van der Waals surface area contributed by atoms with E-state index in [1.165, 1.54) is 18.4 Å². The second-order valence-corrected chi connectivity index (χ2v) is 7.65. The molecule has 1 heterocycles. The maximum Gasteiger partial charge on any atom is 0.128 e. The van der Waals surface area contributed by atoms with Crippen molar-refractivity contribution < 1.29 is 0 Å². The minimum atomic E-state index is -0.258. The molecule has 1 N–H and O–H groups in total. The molecule has 0 radical (unpaired) electrons. The molecule has 0 unspecified atom stereocenters. The lowest BCUT2D eigenvalue weighted by Gasteiger charge is -2.28. The summed E-state index contributed by atoms with van der Waals surface area (Å²) < 4.78 is 2.10. The molecule has 0 aliphatic carbocycles. The molecule has 0 spiro atoms. The first-order chi connectivity index (χ1) is 12.5. The highest BCUT2D eigenvalue weighted by molar-refractivity contribution is 7.80. The first-order valence-corrected chi connectivity index (χ1v) is 9.77. The van der Waals surface area contributed by atoms with E-state index in [-0.39, 0.29) is 5.54 Å². The van der Waals surface area contributed by atoms with Crippen molar-refractivity contribution in [1.82, 2.24) is 15.1 Å². The van der Waals surface area contributed by atoms with Crippen LogP contribution in [0.25, 0.3) is 10.9 Å². The Labute approximate surface area is 161 Å². The van der Waals surface area contributed by atoms with Crippen molar-refractivity contribution in [2.24, 2.45) is 0 Å². The van der Waals surface area contributed by atoms with Gasteiger partial charge in [-0.15, -0.1) is 0 Å². The number of fused-ring (bicyclic) bond motifs is 1. The maximum absolute atomic E-state index is 5.76. The van der Waals surface area contributed by atoms with E-state index in [2.05, 4.69) is 79.3 Å². The number of unbranched alkanes of at least 4 members (excludes halogenated alkanes) is 2. The number of hydrogen-bond donors (Lipinski definition) is 1. The van der Waals surface area contributed by atoms with Gasteiger partial charge in [0.05, 0.1) is 11.1 Å². The van der Waals surface area contributed by atoms with E-state index < -0.39 is 0 Å². The molecule has 3 aromatic rings. The van der Waals surface area contributed by atoms with Gasteiger partial charge in [-0.25, -0.2) is 0 Å². The van der Waals surface area contributed by atoms with Crippen molar-refractivity contribution >= 4 is 28.1 Å². The monoisotopic (exact) mass is 365 g/mol. The van der Waals surface area contributed by atoms with Gasteiger partial charge >= 0.3 is 0 Å². The van der Waals surface area contributed by atoms with E-state index in [1.807, 2.05) is 6.07 Å². The fourth-order valence-electron chi connectivity index (χ4n) is 3.25. The van der Waals surface area contributed by atoms with Crippen LogP contribution in [0.2, 0.25) is 0 Å². The van der Waals surface area contributed by atoms with Crippen LogP contribution in [0.3, 0.4) is 0 Å². The highest BCUT2D eigenvalue weighted by Gasteiger charge is 2.23. The normalized spacial score (nSPS) is 11.7. The van der Waals surface area contributed by atoms with Crippen molar-refractivity contribution in [2.45, 2.75) is 52.1 Å². The van der Waals surface area contributed by atoms with Crippen LogP contribution in [-0.4, -0.2) is 14.8 Å². The van der Waals surface area contributed by atoms with Crippen molar-refractivity contribution in [2.75, 3.05) is 0 Å². The first kappa shape index (κ1) is 18.6. The molecule has 0 aliphatic heterocycles. The van der Waals surface area contributed by atoms with Crippen molar-refractivity contribution in [1.29, 1.82) is 0 Å². The zero-order valence-electron chi connectivity index (χ0n) is 15.8. The Morgan fingerprint density at radius 3 is 2.46 bits per heavy atom. The molecule has 26 heavy (non-hydrogen) atoms. The topological polar surface area (TPSA) is 29.9 Å². The number of aromatic nitrogens is 2. The fraction of sp³-hybridized carbons (Fsp3) is 0.364. The molecule has 136 valence electrons. The Morgan fingerprint density at radius 2 is 1.73 bits per heavy atom. The zero-order chi connectivity index (χ0) is 18.6. The molecule has 4 heteroatoms. The van der Waals surface area contributed by atoms with Crippen molar-refractivity contribution in [3.8, 4) is 0 Å². The first-order valence-electron chi connectivity index (χ1n) is 9.36. The Bertz CT molecular complexity index is 881. The summed E-state index contributed by atoms with van der Waals surface area (Å²) in [4.78, 5) is 0.698. The second-order valence-electron chi connectivity index (χ2n) is 7.24. The molecule has 0 aliphatic rings. The van der Waals surface area contributed by atoms with Gasteiger partial charge in [0.25, 0.3) is 0 Å². The number of para-hydroxylation sites is 1. The Morgan fingerprint density at radius 1 is 1.04 bits per heavy atom. The van der Waals surface area contributed by atoms with Gasteiger partial charge in [0.1, 0.15) is 10.7 Å². The Balaban J connectivity index is 1.88. The van der Waals surface area contributed by atoms with Gasteiger partial charge in [0.2, 0.25) is 0 Å². The molecule has 3 nitrogen and oxygen atoms in total. The molecule has 1 aromatic heterocycles. The number of hydrogen-bond acceptors (Lipinski definition) is 2. The van der Waals surface area contributed by atoms with Gasteiger partial charge in [-0.2, -0.15) is 5.10 Å². The van der Waals surface area contributed by atoms with Gasteiger partial charge in [-0.3, -0.25) is 4.68 Å². The molecule has 0 atom stereocenters. The third kappa shape index (κ3) is 3.96. The summed E-state index contributed by atoms with van der Waals surface area (Å²) in [5.41, 5.74) is 2.97. The number of aryl methyl sites for hydroxylation is 1. The third-order valence-corrected chi connectivity index (χ3v) is 5.06. The maximum atomic E-state index is 5.76. The minimum Gasteiger partial charge on any atom is -0.365 e. The van der Waals surface area contributed by atoms with Gasteiger partial charge in [-0.05, 0) is 31.9 Å². The molecule has 0 bridgehead atoms. The van der Waals surface area contributed by atoms with Crippen molar-refractivity contribution in [3.05, 3.63) is 65.9 Å². The molecule has 0 amide bonds. The average molecular weight is 366 g/mol. The summed E-state index contributed by atoms with van der Waals surface area (Å²) in [6, 6.07) is 18.7. The lowest BCUT2D eigenvalue weighted by atomic mass is 9.94. The summed E-state index contributed by atoms with van der Waals surface area (Å²) in [5, 5.41) is 9.49. The van der Waals surface area contributed by atoms with Crippen molar-refractivity contribution in [3.63, 3.8) is 0 Å². The second kappa shape index (κ2) is 8.00. The molecule has 0 fully saturated rings. The van der Waals surface area contributed by atoms with E-state index >= 15 is 0 Å². The smallest absolute Gasteiger partial charge is 0.128 e. The lowest BCUT2D eigenvalue weighted by molar-refractivity contribution is 0.489. The molecule has 0 saturated heterocycles. The van der Waals surface area contributed by atoms with Crippen LogP contribution in [0.1, 0.15) is 51.3 Å². The summed E-state index contributed by atoms with van der Waals surface area (Å²) in [7, 11) is 0. The van der Waals surface area contributed by atoms with Crippen LogP contribution in [0, 0.1) is 0 Å². The van der Waals surface area contributed by atoms with E-state index in [9.17, 15) is 0 Å². The largest absolute Gasteiger partial charge is 0.365 e. The predicted molar refractivity (Wildman–Crippen MR) is 114 cm³/mol. The highest BCUT2D eigenvalue weighted by Crippen LogP contribution is 2.23. The fourth-order valence-corrected chi connectivity index (χ4v) is 3.65. The van der Waals surface area contributed by atoms with E-state index in [0.717, 1.165) is 29.6 Å². The Hall–Kier alpha value is -2.20. The molecule has 3 rings (SSSR count). The summed E-state index contributed by atoms with van der Waals surface area (Å²) >= 11 is 5.76. The number of nitrogens with one attached hydrogen (secondary N) is 1. The third-order valence-electron chi connectivity index (χ3n) is 4.77. The SMILES string of the molecule is CCCCCn1nc(C(=S)NC(C)(C)c2ccccc2)c2ccccc21. The van der Waals surface area contributed by atoms with Gasteiger partial charge in [-0.1, -0.05) is 80.5 Å². The summed E-state index contributed by atoms with van der Waals surface area (Å²) in [6.45, 7) is 7.44. The number of nitrogens with zero attached hydrogens (tertiary/aromatic N) is 2. The standard InChI is InChI=1S/C22H27N3S/c1-4-5-11-16-25-19-15-10-9-14-18(19)20(24-25)21(26)23-22(2,3)17-12-7-6-8-13-17/h6-10,12-15H,4-5,11,16H2,1-3H3,(H,23,26). The van der Waals surface area contributed by atoms with Crippen LogP contribution >= 0.6 is 12.2 Å². The summed E-state index contributed by atoms with van der Waals surface area (Å²) in [6.07, 6.45) is 3.56. The predicted octanol–water partition coefficient (Wildman–Crippen LogP) is 5.43. The van der Waals surface area contributed by atoms with E-state index in [1.54, 1.807) is 0 Å². The number of thiocarbonyl (C=S) groups is 1. The average Bonchev–Trinajstić information content (AvgIpc) is 3.02. The Kier molecular flexibility index (Phi) is 5.72. The molecular formula is C22H27N3S. The van der Waals surface area contributed by atoms with Crippen LogP contribution in [-0.2, 0) is 12.1 Å². The van der Waals surface area contributed by atoms with Crippen LogP contribution in [0.5, 0.6) is 0 Å². The zero-order valence-corrected chi connectivity index (χ0v) is 16.6. The quantitative estimate of drug-likeness (QED) is 0.447. The minimum absolute atomic E-state index is 0.258. The van der Waals surface area contributed by atoms with Gasteiger partial charge in [0.15, 0.2) is 0 Å². The van der Waals surface area contributed by atoms with E-state index in [4.69, 9.17) is 17.3 Å². The van der Waals surface area contributed by atoms with E-state index in [0.29, 0.717) is 4.99 Å². The van der Waals surface area contributed by atoms with Crippen LogP contribution in [0.4, 0.5) is 0 Å².